The monoisotopic (exact) mass is 400 g/mol. The van der Waals surface area contributed by atoms with Crippen LogP contribution >= 0.6 is 0 Å². The molecule has 1 aliphatic heterocycles. The van der Waals surface area contributed by atoms with Gasteiger partial charge >= 0.3 is 0 Å². The highest BCUT2D eigenvalue weighted by Crippen LogP contribution is 2.34. The van der Waals surface area contributed by atoms with E-state index in [2.05, 4.69) is 10.4 Å². The smallest absolute Gasteiger partial charge is 0.273 e. The summed E-state index contributed by atoms with van der Waals surface area (Å²) < 4.78 is 0. The van der Waals surface area contributed by atoms with E-state index in [1.54, 1.807) is 35.6 Å². The van der Waals surface area contributed by atoms with Crippen LogP contribution in [-0.4, -0.2) is 35.1 Å². The van der Waals surface area contributed by atoms with Crippen molar-refractivity contribution < 1.29 is 9.90 Å². The molecule has 0 spiro atoms. The Morgan fingerprint density at radius 1 is 1.07 bits per heavy atom. The number of hydrogen-bond acceptors (Lipinski definition) is 5. The number of rotatable bonds is 4. The summed E-state index contributed by atoms with van der Waals surface area (Å²) >= 11 is 0. The number of carbonyl (C=O) groups is 1. The van der Waals surface area contributed by atoms with Crippen molar-refractivity contribution in [2.24, 2.45) is 0 Å². The maximum atomic E-state index is 13.3. The summed E-state index contributed by atoms with van der Waals surface area (Å²) in [4.78, 5) is 19.3. The average Bonchev–Trinajstić information content (AvgIpc) is 3.21. The van der Waals surface area contributed by atoms with E-state index in [0.29, 0.717) is 5.56 Å². The number of phenolic OH excluding ortho intramolecular Hbond substituents is 1. The van der Waals surface area contributed by atoms with Gasteiger partial charge in [-0.15, -0.1) is 0 Å². The molecular weight excluding hydrogens is 376 g/mol. The van der Waals surface area contributed by atoms with Crippen LogP contribution in [0.2, 0.25) is 0 Å². The third-order valence-electron chi connectivity index (χ3n) is 5.25. The lowest BCUT2D eigenvalue weighted by Crippen LogP contribution is -2.39. The van der Waals surface area contributed by atoms with Crippen LogP contribution in [-0.2, 0) is 0 Å². The molecule has 30 heavy (non-hydrogen) atoms. The van der Waals surface area contributed by atoms with Crippen molar-refractivity contribution in [1.29, 1.82) is 0 Å². The van der Waals surface area contributed by atoms with Crippen molar-refractivity contribution in [1.82, 2.24) is 15.4 Å². The fourth-order valence-electron chi connectivity index (χ4n) is 3.48. The number of aromatic nitrogens is 1. The van der Waals surface area contributed by atoms with Crippen LogP contribution in [0.4, 0.5) is 5.69 Å². The number of hydrazine groups is 1. The Hall–Kier alpha value is -3.80. The Labute approximate surface area is 176 Å². The molecule has 0 aliphatic carbocycles. The van der Waals surface area contributed by atoms with Crippen LogP contribution in [0.3, 0.4) is 0 Å². The number of nitrogens with zero attached hydrogens (tertiary/aromatic N) is 3. The maximum absolute atomic E-state index is 13.3. The number of pyridine rings is 1. The molecular formula is C24H24N4O2. The minimum Gasteiger partial charge on any atom is -0.508 e. The number of aromatic hydroxyl groups is 1. The molecule has 2 heterocycles. The summed E-state index contributed by atoms with van der Waals surface area (Å²) in [6.07, 6.45) is 5.26. The van der Waals surface area contributed by atoms with Gasteiger partial charge in [0.15, 0.2) is 0 Å². The normalized spacial score (nSPS) is 15.5. The van der Waals surface area contributed by atoms with Gasteiger partial charge in [0, 0.05) is 37.7 Å². The third kappa shape index (κ3) is 3.72. The van der Waals surface area contributed by atoms with E-state index in [-0.39, 0.29) is 17.7 Å². The molecule has 1 aromatic heterocycles. The summed E-state index contributed by atoms with van der Waals surface area (Å²) in [5.41, 5.74) is 8.43. The minimum absolute atomic E-state index is 0.138. The number of amides is 1. The van der Waals surface area contributed by atoms with E-state index in [9.17, 15) is 9.90 Å². The zero-order valence-electron chi connectivity index (χ0n) is 17.2. The molecule has 1 amide bonds. The summed E-state index contributed by atoms with van der Waals surface area (Å²) in [6.45, 7) is 1.85. The second-order valence-corrected chi connectivity index (χ2v) is 7.54. The van der Waals surface area contributed by atoms with Gasteiger partial charge < -0.3 is 10.0 Å². The van der Waals surface area contributed by atoms with E-state index in [0.717, 1.165) is 28.1 Å². The largest absolute Gasteiger partial charge is 0.508 e. The van der Waals surface area contributed by atoms with Crippen LogP contribution in [0.15, 0.2) is 73.1 Å². The zero-order valence-corrected chi connectivity index (χ0v) is 17.2. The summed E-state index contributed by atoms with van der Waals surface area (Å²) in [6, 6.07) is 16.7. The predicted molar refractivity (Wildman–Crippen MR) is 118 cm³/mol. The number of aryl methyl sites for hydroxylation is 1. The fourth-order valence-corrected chi connectivity index (χ4v) is 3.48. The molecule has 1 unspecified atom stereocenters. The molecule has 0 saturated heterocycles. The van der Waals surface area contributed by atoms with E-state index < -0.39 is 0 Å². The average molecular weight is 400 g/mol. The quantitative estimate of drug-likeness (QED) is 0.695. The molecule has 6 nitrogen and oxygen atoms in total. The summed E-state index contributed by atoms with van der Waals surface area (Å²) in [7, 11) is 3.99. The highest BCUT2D eigenvalue weighted by molar-refractivity contribution is 5.95. The van der Waals surface area contributed by atoms with Crippen molar-refractivity contribution in [2.45, 2.75) is 13.0 Å². The second kappa shape index (κ2) is 7.91. The number of benzene rings is 2. The fraction of sp³-hybridized carbons (Fsp3) is 0.167. The Balaban J connectivity index is 1.73. The molecule has 152 valence electrons. The van der Waals surface area contributed by atoms with Crippen molar-refractivity contribution in [2.75, 3.05) is 19.0 Å². The van der Waals surface area contributed by atoms with Gasteiger partial charge in [0.05, 0.1) is 11.7 Å². The van der Waals surface area contributed by atoms with Crippen molar-refractivity contribution in [3.05, 3.63) is 95.3 Å². The lowest BCUT2D eigenvalue weighted by molar-refractivity contribution is 0.0672. The van der Waals surface area contributed by atoms with E-state index in [1.807, 2.05) is 68.4 Å². The second-order valence-electron chi connectivity index (χ2n) is 7.54. The summed E-state index contributed by atoms with van der Waals surface area (Å²) in [5.74, 6) is 0.110. The number of hydrogen-bond donors (Lipinski definition) is 2. The molecule has 2 N–H and O–H groups in total. The molecule has 0 fully saturated rings. The lowest BCUT2D eigenvalue weighted by atomic mass is 10.0. The molecule has 1 atom stereocenters. The maximum Gasteiger partial charge on any atom is 0.273 e. The first-order valence-corrected chi connectivity index (χ1v) is 9.73. The van der Waals surface area contributed by atoms with E-state index in [1.165, 1.54) is 0 Å². The Morgan fingerprint density at radius 2 is 1.77 bits per heavy atom. The molecule has 0 bridgehead atoms. The number of phenols is 1. The van der Waals surface area contributed by atoms with Gasteiger partial charge in [-0.2, -0.15) is 0 Å². The first-order valence-electron chi connectivity index (χ1n) is 9.73. The van der Waals surface area contributed by atoms with Gasteiger partial charge in [-0.05, 0) is 72.2 Å². The van der Waals surface area contributed by atoms with Gasteiger partial charge in [0.25, 0.3) is 5.91 Å². The van der Waals surface area contributed by atoms with Crippen molar-refractivity contribution in [3.63, 3.8) is 0 Å². The van der Waals surface area contributed by atoms with Gasteiger partial charge in [-0.25, -0.2) is 5.01 Å². The molecule has 4 rings (SSSR count). The molecule has 2 aromatic carbocycles. The van der Waals surface area contributed by atoms with Crippen molar-refractivity contribution in [3.8, 4) is 5.75 Å². The van der Waals surface area contributed by atoms with Crippen LogP contribution in [0, 0.1) is 6.92 Å². The van der Waals surface area contributed by atoms with Gasteiger partial charge in [-0.1, -0.05) is 12.1 Å². The Kier molecular flexibility index (Phi) is 5.14. The molecule has 3 aromatic rings. The number of carbonyl (C=O) groups excluding carboxylic acids is 1. The minimum atomic E-state index is -0.272. The SMILES string of the molecule is Cc1cc(C2=CC(c3ccc(N(C)C)cc3)N(C(=O)c3ccncc3)N2)ccc1O. The third-order valence-corrected chi connectivity index (χ3v) is 5.25. The van der Waals surface area contributed by atoms with Gasteiger partial charge in [-0.3, -0.25) is 15.2 Å². The molecule has 6 heteroatoms. The Bertz CT molecular complexity index is 1090. The highest BCUT2D eigenvalue weighted by Gasteiger charge is 2.31. The van der Waals surface area contributed by atoms with E-state index in [4.69, 9.17) is 0 Å². The molecule has 0 saturated carbocycles. The Morgan fingerprint density at radius 3 is 2.40 bits per heavy atom. The first kappa shape index (κ1) is 19.5. The van der Waals surface area contributed by atoms with Gasteiger partial charge in [0.1, 0.15) is 5.75 Å². The zero-order chi connectivity index (χ0) is 21.3. The van der Waals surface area contributed by atoms with Crippen LogP contribution in [0.25, 0.3) is 5.70 Å². The number of anilines is 1. The van der Waals surface area contributed by atoms with Crippen LogP contribution < -0.4 is 10.3 Å². The van der Waals surface area contributed by atoms with Crippen molar-refractivity contribution >= 4 is 17.3 Å². The first-order chi connectivity index (χ1) is 14.4. The summed E-state index contributed by atoms with van der Waals surface area (Å²) in [5, 5.41) is 11.5. The lowest BCUT2D eigenvalue weighted by Gasteiger charge is -2.26. The topological polar surface area (TPSA) is 68.7 Å². The molecule has 1 aliphatic rings. The highest BCUT2D eigenvalue weighted by atomic mass is 16.3. The predicted octanol–water partition coefficient (Wildman–Crippen LogP) is 3.90. The van der Waals surface area contributed by atoms with Crippen LogP contribution in [0.1, 0.15) is 33.1 Å². The molecule has 0 radical (unpaired) electrons. The number of nitrogens with one attached hydrogen (secondary N) is 1. The van der Waals surface area contributed by atoms with E-state index >= 15 is 0 Å². The van der Waals surface area contributed by atoms with Gasteiger partial charge in [0.2, 0.25) is 0 Å². The standard InChI is InChI=1S/C24H24N4O2/c1-16-14-19(6-9-23(16)29)21-15-22(17-4-7-20(8-5-17)27(2)3)28(26-21)24(30)18-10-12-25-13-11-18/h4-15,22,26,29H,1-3H3. The van der Waals surface area contributed by atoms with Crippen LogP contribution in [0.5, 0.6) is 5.75 Å².